The minimum atomic E-state index is -0.871. The van der Waals surface area contributed by atoms with Crippen molar-refractivity contribution in [3.05, 3.63) is 11.4 Å². The molecule has 0 aliphatic rings. The number of nitrogens with zero attached hydrogens (tertiary/aromatic N) is 3. The molecule has 1 aromatic heterocycles. The second kappa shape index (κ2) is 6.73. The Balaban J connectivity index is 2.57. The van der Waals surface area contributed by atoms with Crippen LogP contribution >= 0.6 is 0 Å². The third kappa shape index (κ3) is 4.15. The average molecular weight is 254 g/mol. The Hall–Kier alpha value is -1.92. The second-order valence-electron chi connectivity index (χ2n) is 4.02. The van der Waals surface area contributed by atoms with Crippen molar-refractivity contribution in [2.45, 2.75) is 39.7 Å². The number of carbonyl (C=O) groups is 2. The number of aliphatic carboxylic acids is 1. The van der Waals surface area contributed by atoms with E-state index in [4.69, 9.17) is 5.11 Å². The molecule has 1 amide bonds. The lowest BCUT2D eigenvalue weighted by Gasteiger charge is -2.04. The van der Waals surface area contributed by atoms with Crippen LogP contribution in [0.4, 0.5) is 0 Å². The van der Waals surface area contributed by atoms with Gasteiger partial charge in [0.15, 0.2) is 0 Å². The third-order valence-electron chi connectivity index (χ3n) is 2.52. The van der Waals surface area contributed by atoms with E-state index >= 15 is 0 Å². The number of aromatic nitrogens is 3. The quantitative estimate of drug-likeness (QED) is 0.720. The highest BCUT2D eigenvalue weighted by Gasteiger charge is 2.12. The van der Waals surface area contributed by atoms with Gasteiger partial charge in [-0.15, -0.1) is 5.10 Å². The zero-order valence-electron chi connectivity index (χ0n) is 10.6. The first-order chi connectivity index (χ1) is 8.54. The summed E-state index contributed by atoms with van der Waals surface area (Å²) in [4.78, 5) is 22.0. The Bertz CT molecular complexity index is 428. The van der Waals surface area contributed by atoms with Gasteiger partial charge in [-0.25, -0.2) is 4.68 Å². The van der Waals surface area contributed by atoms with Crippen molar-refractivity contribution < 1.29 is 14.7 Å². The maximum atomic E-state index is 11.5. The monoisotopic (exact) mass is 254 g/mol. The number of carboxylic acids is 1. The van der Waals surface area contributed by atoms with Gasteiger partial charge in [-0.05, 0) is 13.3 Å². The summed E-state index contributed by atoms with van der Waals surface area (Å²) in [6, 6.07) is 0. The summed E-state index contributed by atoms with van der Waals surface area (Å²) >= 11 is 0. The summed E-state index contributed by atoms with van der Waals surface area (Å²) in [5, 5.41) is 19.1. The van der Waals surface area contributed by atoms with Crippen molar-refractivity contribution >= 4 is 11.9 Å². The molecule has 100 valence electrons. The zero-order valence-corrected chi connectivity index (χ0v) is 10.6. The van der Waals surface area contributed by atoms with E-state index in [-0.39, 0.29) is 18.9 Å². The predicted molar refractivity (Wildman–Crippen MR) is 64.0 cm³/mol. The molecule has 2 N–H and O–H groups in total. The standard InChI is InChI=1S/C11H18N4O3/c1-3-6-12-10(16)7-15-8(2)9(13-14-15)4-5-11(17)18/h3-7H2,1-2H3,(H,12,16)(H,17,18). The largest absolute Gasteiger partial charge is 0.481 e. The molecule has 18 heavy (non-hydrogen) atoms. The van der Waals surface area contributed by atoms with E-state index in [1.807, 2.05) is 6.92 Å². The van der Waals surface area contributed by atoms with Crippen molar-refractivity contribution in [3.8, 4) is 0 Å². The lowest BCUT2D eigenvalue weighted by Crippen LogP contribution is -2.28. The van der Waals surface area contributed by atoms with Gasteiger partial charge in [0.1, 0.15) is 6.54 Å². The van der Waals surface area contributed by atoms with E-state index in [0.717, 1.165) is 12.1 Å². The van der Waals surface area contributed by atoms with Crippen LogP contribution in [0.15, 0.2) is 0 Å². The number of hydrogen-bond acceptors (Lipinski definition) is 4. The number of carbonyl (C=O) groups excluding carboxylic acids is 1. The molecule has 7 nitrogen and oxygen atoms in total. The van der Waals surface area contributed by atoms with Crippen LogP contribution in [0.2, 0.25) is 0 Å². The van der Waals surface area contributed by atoms with Crippen molar-refractivity contribution in [1.29, 1.82) is 0 Å². The van der Waals surface area contributed by atoms with Crippen LogP contribution in [0.3, 0.4) is 0 Å². The Morgan fingerprint density at radius 1 is 1.44 bits per heavy atom. The first-order valence-electron chi connectivity index (χ1n) is 5.92. The summed E-state index contributed by atoms with van der Waals surface area (Å²) in [6.07, 6.45) is 1.23. The van der Waals surface area contributed by atoms with Crippen LogP contribution in [0, 0.1) is 6.92 Å². The molecule has 0 aromatic carbocycles. The van der Waals surface area contributed by atoms with E-state index in [1.165, 1.54) is 4.68 Å². The van der Waals surface area contributed by atoms with Gasteiger partial charge in [0.2, 0.25) is 5.91 Å². The summed E-state index contributed by atoms with van der Waals surface area (Å²) in [5.41, 5.74) is 1.36. The Kier molecular flexibility index (Phi) is 5.29. The smallest absolute Gasteiger partial charge is 0.303 e. The van der Waals surface area contributed by atoms with Gasteiger partial charge in [-0.3, -0.25) is 9.59 Å². The van der Waals surface area contributed by atoms with E-state index in [9.17, 15) is 9.59 Å². The predicted octanol–water partition coefficient (Wildman–Crippen LogP) is 0.130. The van der Waals surface area contributed by atoms with Crippen LogP contribution in [-0.4, -0.2) is 38.5 Å². The molecule has 0 saturated carbocycles. The van der Waals surface area contributed by atoms with Gasteiger partial charge < -0.3 is 10.4 Å². The summed E-state index contributed by atoms with van der Waals surface area (Å²) in [6.45, 7) is 4.51. The van der Waals surface area contributed by atoms with Crippen molar-refractivity contribution in [1.82, 2.24) is 20.3 Å². The number of rotatable bonds is 7. The molecule has 0 spiro atoms. The molecule has 0 saturated heterocycles. The Morgan fingerprint density at radius 3 is 2.78 bits per heavy atom. The Morgan fingerprint density at radius 2 is 2.17 bits per heavy atom. The molecule has 7 heteroatoms. The van der Waals surface area contributed by atoms with Crippen molar-refractivity contribution in [2.24, 2.45) is 0 Å². The first-order valence-corrected chi connectivity index (χ1v) is 5.92. The summed E-state index contributed by atoms with van der Waals surface area (Å²) in [5.74, 6) is -0.987. The maximum Gasteiger partial charge on any atom is 0.303 e. The first kappa shape index (κ1) is 14.1. The lowest BCUT2D eigenvalue weighted by atomic mass is 10.2. The summed E-state index contributed by atoms with van der Waals surface area (Å²) < 4.78 is 1.49. The SMILES string of the molecule is CCCNC(=O)Cn1nnc(CCC(=O)O)c1C. The maximum absolute atomic E-state index is 11.5. The van der Waals surface area contributed by atoms with Crippen LogP contribution in [-0.2, 0) is 22.6 Å². The number of aryl methyl sites for hydroxylation is 1. The Labute approximate surface area is 105 Å². The number of hydrogen-bond donors (Lipinski definition) is 2. The molecule has 0 fully saturated rings. The average Bonchev–Trinajstić information content (AvgIpc) is 2.66. The fourth-order valence-corrected chi connectivity index (χ4v) is 1.46. The van der Waals surface area contributed by atoms with E-state index in [0.29, 0.717) is 18.7 Å². The van der Waals surface area contributed by atoms with Gasteiger partial charge in [0.25, 0.3) is 0 Å². The van der Waals surface area contributed by atoms with Gasteiger partial charge in [0.05, 0.1) is 17.8 Å². The molecule has 0 aliphatic carbocycles. The molecular weight excluding hydrogens is 236 g/mol. The van der Waals surface area contributed by atoms with Gasteiger partial charge >= 0.3 is 5.97 Å². The van der Waals surface area contributed by atoms with E-state index in [1.54, 1.807) is 6.92 Å². The van der Waals surface area contributed by atoms with Crippen molar-refractivity contribution in [2.75, 3.05) is 6.54 Å². The molecule has 0 unspecified atom stereocenters. The molecule has 0 radical (unpaired) electrons. The van der Waals surface area contributed by atoms with Gasteiger partial charge in [0, 0.05) is 13.0 Å². The number of amides is 1. The van der Waals surface area contributed by atoms with Crippen LogP contribution in [0.5, 0.6) is 0 Å². The highest BCUT2D eigenvalue weighted by atomic mass is 16.4. The molecule has 0 bridgehead atoms. The van der Waals surface area contributed by atoms with E-state index in [2.05, 4.69) is 15.6 Å². The van der Waals surface area contributed by atoms with E-state index < -0.39 is 5.97 Å². The fraction of sp³-hybridized carbons (Fsp3) is 0.636. The van der Waals surface area contributed by atoms with Gasteiger partial charge in [-0.2, -0.15) is 0 Å². The fourth-order valence-electron chi connectivity index (χ4n) is 1.46. The topological polar surface area (TPSA) is 97.1 Å². The zero-order chi connectivity index (χ0) is 13.5. The number of carboxylic acid groups (broad SMARTS) is 1. The highest BCUT2D eigenvalue weighted by Crippen LogP contribution is 2.06. The molecule has 0 aliphatic heterocycles. The molecule has 0 atom stereocenters. The van der Waals surface area contributed by atoms with Gasteiger partial charge in [-0.1, -0.05) is 12.1 Å². The molecule has 1 rings (SSSR count). The second-order valence-corrected chi connectivity index (χ2v) is 4.02. The molecular formula is C11H18N4O3. The normalized spacial score (nSPS) is 10.3. The summed E-state index contributed by atoms with van der Waals surface area (Å²) in [7, 11) is 0. The minimum absolute atomic E-state index is 0.0154. The third-order valence-corrected chi connectivity index (χ3v) is 2.52. The van der Waals surface area contributed by atoms with Crippen molar-refractivity contribution in [3.63, 3.8) is 0 Å². The number of nitrogens with one attached hydrogen (secondary N) is 1. The minimum Gasteiger partial charge on any atom is -0.481 e. The van der Waals surface area contributed by atoms with Crippen LogP contribution in [0.25, 0.3) is 0 Å². The molecule has 1 aromatic rings. The van der Waals surface area contributed by atoms with Crippen LogP contribution < -0.4 is 5.32 Å². The lowest BCUT2D eigenvalue weighted by molar-refractivity contribution is -0.137. The highest BCUT2D eigenvalue weighted by molar-refractivity contribution is 5.75. The van der Waals surface area contributed by atoms with Crippen LogP contribution in [0.1, 0.15) is 31.2 Å². The molecule has 1 heterocycles.